The summed E-state index contributed by atoms with van der Waals surface area (Å²) in [7, 11) is 0. The molecule has 10 rings (SSSR count). The van der Waals surface area contributed by atoms with E-state index in [1.54, 1.807) is 25.1 Å². The third kappa shape index (κ3) is 5.99. The molecule has 0 spiro atoms. The highest BCUT2D eigenvalue weighted by molar-refractivity contribution is 6.13. The zero-order valence-corrected chi connectivity index (χ0v) is 32.5. The van der Waals surface area contributed by atoms with Crippen molar-refractivity contribution in [2.75, 3.05) is 0 Å². The predicted molar refractivity (Wildman–Crippen MR) is 237 cm³/mol. The van der Waals surface area contributed by atoms with E-state index in [2.05, 4.69) is 23.0 Å². The molecule has 0 fully saturated rings. The standard InChI is InChI=1S/C53H30F3N5/c1-32-23-36(25-38(24-32)53(54,55)56)37-28-51(60-47-17-9-6-14-41(47)43-26-33(19-21-49(43)60)39-12-4-3-11-35(39)30-57)45(31-58)52(29-37)61-48-18-10-7-15-42(48)44-27-34(20-22-50(44)61)40-13-5-8-16-46(40)59-2/h3-29H,1H3. The summed E-state index contributed by atoms with van der Waals surface area (Å²) >= 11 is 0. The summed E-state index contributed by atoms with van der Waals surface area (Å²) in [5.41, 5.74) is 9.38. The largest absolute Gasteiger partial charge is 0.416 e. The third-order valence-electron chi connectivity index (χ3n) is 11.5. The summed E-state index contributed by atoms with van der Waals surface area (Å²) in [5.74, 6) is 0. The first kappa shape index (κ1) is 36.9. The van der Waals surface area contributed by atoms with Crippen molar-refractivity contribution < 1.29 is 13.2 Å². The molecule has 61 heavy (non-hydrogen) atoms. The Labute approximate surface area is 348 Å². The fraction of sp³-hybridized carbons (Fsp3) is 0.0377. The molecule has 2 heterocycles. The molecule has 0 atom stereocenters. The van der Waals surface area contributed by atoms with E-state index in [1.807, 2.05) is 137 Å². The minimum absolute atomic E-state index is 0.319. The molecule has 10 aromatic rings. The van der Waals surface area contributed by atoms with Gasteiger partial charge < -0.3 is 9.13 Å². The lowest BCUT2D eigenvalue weighted by Gasteiger charge is -2.19. The van der Waals surface area contributed by atoms with E-state index < -0.39 is 11.7 Å². The molecular weight excluding hydrogens is 764 g/mol. The summed E-state index contributed by atoms with van der Waals surface area (Å²) in [6.07, 6.45) is -4.58. The molecule has 8 heteroatoms. The number of rotatable bonds is 5. The number of hydrogen-bond donors (Lipinski definition) is 0. The number of halogens is 3. The van der Waals surface area contributed by atoms with Gasteiger partial charge in [0.05, 0.1) is 57.2 Å². The number of nitrogens with zero attached hydrogens (tertiary/aromatic N) is 5. The van der Waals surface area contributed by atoms with Crippen LogP contribution in [0.2, 0.25) is 0 Å². The fourth-order valence-electron chi connectivity index (χ4n) is 8.81. The van der Waals surface area contributed by atoms with Gasteiger partial charge in [-0.15, -0.1) is 0 Å². The van der Waals surface area contributed by atoms with E-state index in [0.29, 0.717) is 44.9 Å². The molecule has 0 saturated carbocycles. The Balaban J connectivity index is 1.31. The van der Waals surface area contributed by atoms with Crippen LogP contribution in [0.1, 0.15) is 22.3 Å². The molecule has 0 aliphatic carbocycles. The molecule has 0 N–H and O–H groups in total. The number of nitriles is 2. The Morgan fingerprint density at radius 2 is 1.02 bits per heavy atom. The fourth-order valence-corrected chi connectivity index (χ4v) is 8.81. The molecule has 0 radical (unpaired) electrons. The normalized spacial score (nSPS) is 11.6. The van der Waals surface area contributed by atoms with Crippen LogP contribution < -0.4 is 0 Å². The van der Waals surface area contributed by atoms with Gasteiger partial charge in [0.1, 0.15) is 11.6 Å². The lowest BCUT2D eigenvalue weighted by molar-refractivity contribution is -0.137. The highest BCUT2D eigenvalue weighted by atomic mass is 19.4. The first-order chi connectivity index (χ1) is 29.7. The van der Waals surface area contributed by atoms with Crippen LogP contribution >= 0.6 is 0 Å². The van der Waals surface area contributed by atoms with Crippen molar-refractivity contribution in [2.24, 2.45) is 0 Å². The number of hydrogen-bond acceptors (Lipinski definition) is 2. The van der Waals surface area contributed by atoms with Gasteiger partial charge in [0, 0.05) is 21.5 Å². The smallest absolute Gasteiger partial charge is 0.308 e. The Kier molecular flexibility index (Phi) is 8.58. The van der Waals surface area contributed by atoms with Crippen molar-refractivity contribution in [3.05, 3.63) is 197 Å². The van der Waals surface area contributed by atoms with Crippen LogP contribution in [0.25, 0.3) is 93.2 Å². The van der Waals surface area contributed by atoms with Crippen LogP contribution in [0.3, 0.4) is 0 Å². The van der Waals surface area contributed by atoms with Gasteiger partial charge in [0.2, 0.25) is 0 Å². The number of aryl methyl sites for hydroxylation is 1. The van der Waals surface area contributed by atoms with E-state index in [4.69, 9.17) is 6.57 Å². The van der Waals surface area contributed by atoms with Crippen molar-refractivity contribution >= 4 is 49.3 Å². The number of fused-ring (bicyclic) bond motifs is 6. The van der Waals surface area contributed by atoms with Crippen molar-refractivity contribution in [2.45, 2.75) is 13.1 Å². The van der Waals surface area contributed by atoms with Crippen LogP contribution in [0.15, 0.2) is 164 Å². The maximum Gasteiger partial charge on any atom is 0.416 e. The van der Waals surface area contributed by atoms with E-state index >= 15 is 0 Å². The van der Waals surface area contributed by atoms with Gasteiger partial charge in [-0.25, -0.2) is 4.85 Å². The van der Waals surface area contributed by atoms with E-state index in [9.17, 15) is 23.7 Å². The van der Waals surface area contributed by atoms with Crippen molar-refractivity contribution in [1.82, 2.24) is 9.13 Å². The zero-order valence-electron chi connectivity index (χ0n) is 32.5. The SMILES string of the molecule is [C-]#[N+]c1ccccc1-c1ccc2c(c1)c1ccccc1n2-c1cc(-c2cc(C)cc(C(F)(F)F)c2)cc(-n2c3ccccc3c3cc(-c4ccccc4C#N)ccc32)c1C#N. The lowest BCUT2D eigenvalue weighted by atomic mass is 9.96. The second-order valence-corrected chi connectivity index (χ2v) is 15.0. The molecule has 2 aromatic heterocycles. The second kappa shape index (κ2) is 14.2. The number of benzene rings is 8. The maximum absolute atomic E-state index is 14.4. The van der Waals surface area contributed by atoms with Crippen molar-refractivity contribution in [3.8, 4) is 56.9 Å². The first-order valence-corrected chi connectivity index (χ1v) is 19.5. The van der Waals surface area contributed by atoms with Crippen LogP contribution in [-0.2, 0) is 6.18 Å². The van der Waals surface area contributed by atoms with Crippen molar-refractivity contribution in [3.63, 3.8) is 0 Å². The van der Waals surface area contributed by atoms with Gasteiger partial charge in [-0.05, 0) is 113 Å². The van der Waals surface area contributed by atoms with E-state index in [1.165, 1.54) is 6.07 Å². The monoisotopic (exact) mass is 793 g/mol. The van der Waals surface area contributed by atoms with E-state index in [0.717, 1.165) is 71.9 Å². The van der Waals surface area contributed by atoms with Crippen LogP contribution in [0.4, 0.5) is 18.9 Å². The molecule has 0 bridgehead atoms. The van der Waals surface area contributed by atoms with Gasteiger partial charge in [0.15, 0.2) is 5.69 Å². The van der Waals surface area contributed by atoms with Crippen LogP contribution in [0.5, 0.6) is 0 Å². The highest BCUT2D eigenvalue weighted by Crippen LogP contribution is 2.43. The number of para-hydroxylation sites is 3. The molecule has 0 saturated heterocycles. The second-order valence-electron chi connectivity index (χ2n) is 15.0. The van der Waals surface area contributed by atoms with Crippen LogP contribution in [-0.4, -0.2) is 9.13 Å². The quantitative estimate of drug-likeness (QED) is 0.163. The molecule has 0 aliphatic rings. The third-order valence-corrected chi connectivity index (χ3v) is 11.5. The Morgan fingerprint density at radius 1 is 0.508 bits per heavy atom. The van der Waals surface area contributed by atoms with Gasteiger partial charge in [-0.2, -0.15) is 23.7 Å². The first-order valence-electron chi connectivity index (χ1n) is 19.5. The summed E-state index contributed by atoms with van der Waals surface area (Å²) in [6.45, 7) is 9.45. The van der Waals surface area contributed by atoms with Gasteiger partial charge >= 0.3 is 6.18 Å². The Bertz CT molecular complexity index is 3390. The summed E-state index contributed by atoms with van der Waals surface area (Å²) in [4.78, 5) is 3.76. The molecule has 0 aliphatic heterocycles. The summed E-state index contributed by atoms with van der Waals surface area (Å²) in [5, 5.41) is 24.9. The average molecular weight is 794 g/mol. The molecule has 8 aromatic carbocycles. The highest BCUT2D eigenvalue weighted by Gasteiger charge is 2.31. The van der Waals surface area contributed by atoms with Crippen LogP contribution in [0, 0.1) is 36.2 Å². The predicted octanol–water partition coefficient (Wildman–Crippen LogP) is 14.5. The summed E-state index contributed by atoms with van der Waals surface area (Å²) < 4.78 is 47.3. The minimum atomic E-state index is -4.58. The Morgan fingerprint density at radius 3 is 1.59 bits per heavy atom. The topological polar surface area (TPSA) is 61.8 Å². The average Bonchev–Trinajstić information content (AvgIpc) is 3.80. The minimum Gasteiger partial charge on any atom is -0.308 e. The molecule has 0 unspecified atom stereocenters. The lowest BCUT2D eigenvalue weighted by Crippen LogP contribution is -2.07. The summed E-state index contributed by atoms with van der Waals surface area (Å²) in [6, 6.07) is 55.1. The van der Waals surface area contributed by atoms with Gasteiger partial charge in [-0.1, -0.05) is 97.1 Å². The molecular formula is C53H30F3N5. The van der Waals surface area contributed by atoms with Gasteiger partial charge in [0.25, 0.3) is 0 Å². The number of aromatic nitrogens is 2. The zero-order chi connectivity index (χ0) is 42.0. The maximum atomic E-state index is 14.4. The Hall–Kier alpha value is -8.38. The molecule has 288 valence electrons. The van der Waals surface area contributed by atoms with Crippen molar-refractivity contribution in [1.29, 1.82) is 10.5 Å². The molecule has 0 amide bonds. The van der Waals surface area contributed by atoms with Gasteiger partial charge in [-0.3, -0.25) is 0 Å². The molecule has 5 nitrogen and oxygen atoms in total. The van der Waals surface area contributed by atoms with E-state index in [-0.39, 0.29) is 0 Å². The number of alkyl halides is 3.